The molecule has 0 aliphatic carbocycles. The fourth-order valence-corrected chi connectivity index (χ4v) is 3.18. The first kappa shape index (κ1) is 13.3. The first-order chi connectivity index (χ1) is 10.9. The highest BCUT2D eigenvalue weighted by atomic mass is 16.5. The summed E-state index contributed by atoms with van der Waals surface area (Å²) in [5.41, 5.74) is 5.64. The van der Waals surface area contributed by atoms with Crippen LogP contribution in [0.1, 0.15) is 12.0 Å². The van der Waals surface area contributed by atoms with Crippen LogP contribution in [0, 0.1) is 5.92 Å². The Morgan fingerprint density at radius 2 is 1.68 bits per heavy atom. The molecule has 1 fully saturated rings. The van der Waals surface area contributed by atoms with Crippen LogP contribution in [-0.2, 0) is 0 Å². The molecule has 2 aromatic rings. The lowest BCUT2D eigenvalue weighted by Gasteiger charge is -2.33. The molecule has 2 heterocycles. The molecule has 0 saturated carbocycles. The minimum Gasteiger partial charge on any atom is -0.475 e. The monoisotopic (exact) mass is 293 g/mol. The van der Waals surface area contributed by atoms with E-state index in [0.29, 0.717) is 12.0 Å². The van der Waals surface area contributed by atoms with Crippen molar-refractivity contribution in [1.82, 2.24) is 10.7 Å². The second-order valence-corrected chi connectivity index (χ2v) is 5.77. The Kier molecular flexibility index (Phi) is 3.52. The topological polar surface area (TPSA) is 45.6 Å². The molecule has 3 unspecified atom stereocenters. The minimum absolute atomic E-state index is 0.0291. The van der Waals surface area contributed by atoms with Crippen LogP contribution in [0.25, 0.3) is 0 Å². The molecule has 0 spiro atoms. The molecule has 3 atom stereocenters. The van der Waals surface area contributed by atoms with Crippen LogP contribution in [-0.4, -0.2) is 24.5 Å². The molecule has 2 aliphatic heterocycles. The summed E-state index contributed by atoms with van der Waals surface area (Å²) in [7, 11) is 0. The summed E-state index contributed by atoms with van der Waals surface area (Å²) in [6.45, 7) is 0.878. The van der Waals surface area contributed by atoms with E-state index in [9.17, 15) is 0 Å². The zero-order valence-corrected chi connectivity index (χ0v) is 12.3. The molecule has 0 radical (unpaired) electrons. The van der Waals surface area contributed by atoms with Crippen molar-refractivity contribution in [2.45, 2.75) is 18.7 Å². The van der Waals surface area contributed by atoms with Gasteiger partial charge in [0.05, 0.1) is 11.8 Å². The van der Waals surface area contributed by atoms with Crippen molar-refractivity contribution in [1.29, 1.82) is 0 Å². The van der Waals surface area contributed by atoms with E-state index in [1.165, 1.54) is 5.56 Å². The number of para-hydroxylation sites is 1. The van der Waals surface area contributed by atoms with Crippen LogP contribution in [0.5, 0.6) is 5.75 Å². The molecule has 2 aromatic carbocycles. The van der Waals surface area contributed by atoms with E-state index in [2.05, 4.69) is 40.1 Å². The maximum atomic E-state index is 6.00. The lowest BCUT2D eigenvalue weighted by Crippen LogP contribution is -2.52. The third kappa shape index (κ3) is 2.57. The third-order valence-corrected chi connectivity index (χ3v) is 4.31. The molecule has 4 rings (SSSR count). The van der Waals surface area contributed by atoms with Gasteiger partial charge in [0.1, 0.15) is 5.75 Å². The third-order valence-electron chi connectivity index (χ3n) is 4.31. The number of hydrogen-bond acceptors (Lipinski definition) is 4. The number of nitrogens with one attached hydrogen (secondary N) is 2. The Hall–Kier alpha value is -2.33. The Morgan fingerprint density at radius 1 is 0.955 bits per heavy atom. The number of hydrogen-bond donors (Lipinski definition) is 2. The van der Waals surface area contributed by atoms with Gasteiger partial charge in [-0.3, -0.25) is 5.32 Å². The molecule has 4 heteroatoms. The molecule has 4 nitrogen and oxygen atoms in total. The Morgan fingerprint density at radius 3 is 2.45 bits per heavy atom. The molecule has 0 aromatic heterocycles. The highest BCUT2D eigenvalue weighted by Gasteiger charge is 2.38. The fourth-order valence-electron chi connectivity index (χ4n) is 3.18. The summed E-state index contributed by atoms with van der Waals surface area (Å²) >= 11 is 0. The maximum Gasteiger partial charge on any atom is 0.152 e. The molecule has 1 saturated heterocycles. The lowest BCUT2D eigenvalue weighted by molar-refractivity contribution is 0.107. The Bertz CT molecular complexity index is 657. The second-order valence-electron chi connectivity index (χ2n) is 5.77. The zero-order chi connectivity index (χ0) is 14.8. The van der Waals surface area contributed by atoms with E-state index in [1.54, 1.807) is 0 Å². The molecular formula is C18H19N3O. The molecule has 112 valence electrons. The molecule has 22 heavy (non-hydrogen) atoms. The Balaban J connectivity index is 1.43. The zero-order valence-electron chi connectivity index (χ0n) is 12.3. The number of piperidine rings is 1. The van der Waals surface area contributed by atoms with Crippen LogP contribution in [0.4, 0.5) is 0 Å². The summed E-state index contributed by atoms with van der Waals surface area (Å²) in [5, 5.41) is 8.06. The van der Waals surface area contributed by atoms with Crippen molar-refractivity contribution in [2.75, 3.05) is 6.54 Å². The van der Waals surface area contributed by atoms with E-state index < -0.39 is 0 Å². The largest absolute Gasteiger partial charge is 0.475 e. The SMILES string of the molecule is c1ccc(OC2CC3NN=C(c4ccccc4)C3CN2)cc1. The number of ether oxygens (including phenoxy) is 1. The van der Waals surface area contributed by atoms with Gasteiger partial charge in [-0.2, -0.15) is 5.10 Å². The normalized spacial score (nSPS) is 26.7. The van der Waals surface area contributed by atoms with Crippen molar-refractivity contribution >= 4 is 5.71 Å². The van der Waals surface area contributed by atoms with Gasteiger partial charge in [0, 0.05) is 18.9 Å². The van der Waals surface area contributed by atoms with E-state index in [0.717, 1.165) is 24.4 Å². The van der Waals surface area contributed by atoms with Gasteiger partial charge in [0.25, 0.3) is 0 Å². The average Bonchev–Trinajstić information content (AvgIpc) is 3.00. The highest BCUT2D eigenvalue weighted by molar-refractivity contribution is 6.03. The summed E-state index contributed by atoms with van der Waals surface area (Å²) in [5.74, 6) is 1.30. The first-order valence-corrected chi connectivity index (χ1v) is 7.74. The molecule has 0 bridgehead atoms. The van der Waals surface area contributed by atoms with E-state index >= 15 is 0 Å². The van der Waals surface area contributed by atoms with Gasteiger partial charge < -0.3 is 10.2 Å². The van der Waals surface area contributed by atoms with Gasteiger partial charge >= 0.3 is 0 Å². The van der Waals surface area contributed by atoms with Gasteiger partial charge in [0.15, 0.2) is 6.23 Å². The van der Waals surface area contributed by atoms with Crippen molar-refractivity contribution in [3.63, 3.8) is 0 Å². The number of nitrogens with zero attached hydrogens (tertiary/aromatic N) is 1. The van der Waals surface area contributed by atoms with E-state index in [4.69, 9.17) is 4.74 Å². The van der Waals surface area contributed by atoms with E-state index in [-0.39, 0.29) is 6.23 Å². The van der Waals surface area contributed by atoms with Crippen molar-refractivity contribution in [3.05, 3.63) is 66.2 Å². The van der Waals surface area contributed by atoms with Crippen LogP contribution >= 0.6 is 0 Å². The molecule has 0 amide bonds. The predicted octanol–water partition coefficient (Wildman–Crippen LogP) is 2.38. The number of fused-ring (bicyclic) bond motifs is 1. The van der Waals surface area contributed by atoms with E-state index in [1.807, 2.05) is 36.4 Å². The van der Waals surface area contributed by atoms with Gasteiger partial charge in [0.2, 0.25) is 0 Å². The summed E-state index contributed by atoms with van der Waals surface area (Å²) in [6.07, 6.45) is 0.931. The second kappa shape index (κ2) is 5.81. The van der Waals surface area contributed by atoms with Gasteiger partial charge in [-0.25, -0.2) is 0 Å². The van der Waals surface area contributed by atoms with Crippen molar-refractivity contribution < 1.29 is 4.74 Å². The molecule has 2 aliphatic rings. The van der Waals surface area contributed by atoms with Crippen molar-refractivity contribution in [2.24, 2.45) is 11.0 Å². The standard InChI is InChI=1S/C18H19N3O/c1-3-7-13(8-4-1)18-15-12-19-17(11-16(15)20-21-18)22-14-9-5-2-6-10-14/h1-10,15-17,19-20H,11-12H2. The minimum atomic E-state index is 0.0291. The van der Waals surface area contributed by atoms with Gasteiger partial charge in [-0.15, -0.1) is 0 Å². The first-order valence-electron chi connectivity index (χ1n) is 7.74. The Labute approximate surface area is 130 Å². The predicted molar refractivity (Wildman–Crippen MR) is 86.9 cm³/mol. The number of benzene rings is 2. The molecule has 2 N–H and O–H groups in total. The van der Waals surface area contributed by atoms with Crippen LogP contribution < -0.4 is 15.5 Å². The van der Waals surface area contributed by atoms with Gasteiger partial charge in [-0.05, 0) is 17.7 Å². The fraction of sp³-hybridized carbons (Fsp3) is 0.278. The smallest absolute Gasteiger partial charge is 0.152 e. The summed E-state index contributed by atoms with van der Waals surface area (Å²) in [4.78, 5) is 0. The van der Waals surface area contributed by atoms with Crippen LogP contribution in [0.2, 0.25) is 0 Å². The summed E-state index contributed by atoms with van der Waals surface area (Å²) < 4.78 is 6.00. The van der Waals surface area contributed by atoms with Gasteiger partial charge in [-0.1, -0.05) is 48.5 Å². The number of hydrazone groups is 1. The quantitative estimate of drug-likeness (QED) is 0.913. The molecular weight excluding hydrogens is 274 g/mol. The van der Waals surface area contributed by atoms with Crippen LogP contribution in [0.3, 0.4) is 0 Å². The number of rotatable bonds is 3. The maximum absolute atomic E-state index is 6.00. The summed E-state index contributed by atoms with van der Waals surface area (Å²) in [6, 6.07) is 20.7. The van der Waals surface area contributed by atoms with Crippen LogP contribution in [0.15, 0.2) is 65.8 Å². The lowest BCUT2D eigenvalue weighted by atomic mass is 9.87. The average molecular weight is 293 g/mol. The van der Waals surface area contributed by atoms with Crippen molar-refractivity contribution in [3.8, 4) is 5.75 Å². The highest BCUT2D eigenvalue weighted by Crippen LogP contribution is 2.26.